The third-order valence-corrected chi connectivity index (χ3v) is 4.53. The van der Waals surface area contributed by atoms with Crippen LogP contribution in [0.3, 0.4) is 0 Å². The predicted molar refractivity (Wildman–Crippen MR) is 70.9 cm³/mol. The number of hydrogen-bond donors (Lipinski definition) is 0. The van der Waals surface area contributed by atoms with Gasteiger partial charge >= 0.3 is 0 Å². The van der Waals surface area contributed by atoms with E-state index in [1.54, 1.807) is 11.1 Å². The summed E-state index contributed by atoms with van der Waals surface area (Å²) in [6, 6.07) is -0.103. The van der Waals surface area contributed by atoms with Crippen LogP contribution in [0.15, 0.2) is 11.4 Å². The zero-order valence-corrected chi connectivity index (χ0v) is 11.9. The minimum absolute atomic E-state index is 0.103. The van der Waals surface area contributed by atoms with Crippen LogP contribution in [-0.4, -0.2) is 39.0 Å². The van der Waals surface area contributed by atoms with Crippen LogP contribution in [-0.2, 0) is 6.54 Å². The fourth-order valence-corrected chi connectivity index (χ4v) is 3.18. The summed E-state index contributed by atoms with van der Waals surface area (Å²) in [6.07, 6.45) is 3.86. The van der Waals surface area contributed by atoms with E-state index in [1.165, 1.54) is 11.8 Å². The van der Waals surface area contributed by atoms with Crippen molar-refractivity contribution in [1.29, 1.82) is 0 Å². The highest BCUT2D eigenvalue weighted by Crippen LogP contribution is 2.37. The first-order valence-corrected chi connectivity index (χ1v) is 7.81. The van der Waals surface area contributed by atoms with Gasteiger partial charge in [-0.1, -0.05) is 11.8 Å². The molecular weight excluding hydrogens is 284 g/mol. The number of nitrogens with zero attached hydrogens (tertiary/aromatic N) is 3. The number of halogens is 2. The first kappa shape index (κ1) is 13.7. The maximum atomic E-state index is 13.2. The summed E-state index contributed by atoms with van der Waals surface area (Å²) in [5.74, 6) is -2.69. The summed E-state index contributed by atoms with van der Waals surface area (Å²) in [6.45, 7) is 0.417. The fraction of sp³-hybridized carbons (Fsp3) is 0.615. The summed E-state index contributed by atoms with van der Waals surface area (Å²) in [5, 5.41) is 0.633. The maximum Gasteiger partial charge on any atom is 0.257 e. The van der Waals surface area contributed by atoms with E-state index < -0.39 is 5.92 Å². The van der Waals surface area contributed by atoms with Crippen molar-refractivity contribution < 1.29 is 13.6 Å². The van der Waals surface area contributed by atoms with E-state index in [0.29, 0.717) is 35.8 Å². The average molecular weight is 299 g/mol. The number of carbonyl (C=O) groups excluding carboxylic acids is 1. The van der Waals surface area contributed by atoms with Crippen LogP contribution in [0.5, 0.6) is 0 Å². The Labute approximate surface area is 120 Å². The second-order valence-corrected chi connectivity index (χ2v) is 6.01. The van der Waals surface area contributed by atoms with Crippen LogP contribution in [0.2, 0.25) is 0 Å². The number of hydrogen-bond acceptors (Lipinski definition) is 4. The zero-order valence-electron chi connectivity index (χ0n) is 11.1. The summed E-state index contributed by atoms with van der Waals surface area (Å²) < 4.78 is 26.4. The van der Waals surface area contributed by atoms with Crippen molar-refractivity contribution in [3.8, 4) is 0 Å². The molecule has 1 aromatic heterocycles. The molecule has 2 heterocycles. The van der Waals surface area contributed by atoms with Gasteiger partial charge in [-0.05, 0) is 19.1 Å². The SMILES string of the molecule is CSc1ncc2c(n1)CN(C1CCC(F)(F)CC1)C2=O. The lowest BCUT2D eigenvalue weighted by atomic mass is 9.91. The molecule has 1 aromatic rings. The largest absolute Gasteiger partial charge is 0.330 e. The molecule has 1 amide bonds. The number of rotatable bonds is 2. The normalized spacial score (nSPS) is 22.1. The molecule has 7 heteroatoms. The van der Waals surface area contributed by atoms with Crippen LogP contribution in [0, 0.1) is 0 Å². The molecule has 0 bridgehead atoms. The van der Waals surface area contributed by atoms with Gasteiger partial charge in [0.25, 0.3) is 5.91 Å². The number of amides is 1. The van der Waals surface area contributed by atoms with E-state index in [1.807, 2.05) is 6.26 Å². The van der Waals surface area contributed by atoms with Gasteiger partial charge < -0.3 is 4.90 Å². The standard InChI is InChI=1S/C13H15F2N3OS/c1-20-12-16-6-9-10(17-12)7-18(11(9)19)8-2-4-13(14,15)5-3-8/h6,8H,2-5,7H2,1H3. The second-order valence-electron chi connectivity index (χ2n) is 5.24. The quantitative estimate of drug-likeness (QED) is 0.622. The number of carbonyl (C=O) groups is 1. The van der Waals surface area contributed by atoms with Crippen molar-refractivity contribution in [2.45, 2.75) is 49.3 Å². The van der Waals surface area contributed by atoms with E-state index in [4.69, 9.17) is 0 Å². The molecule has 0 N–H and O–H groups in total. The van der Waals surface area contributed by atoms with Crippen molar-refractivity contribution in [3.63, 3.8) is 0 Å². The molecular formula is C13H15F2N3OS. The van der Waals surface area contributed by atoms with E-state index in [0.717, 1.165) is 0 Å². The van der Waals surface area contributed by atoms with Gasteiger partial charge in [0.2, 0.25) is 5.92 Å². The molecule has 0 spiro atoms. The van der Waals surface area contributed by atoms with Crippen molar-refractivity contribution in [2.24, 2.45) is 0 Å². The van der Waals surface area contributed by atoms with Crippen molar-refractivity contribution in [2.75, 3.05) is 6.26 Å². The smallest absolute Gasteiger partial charge is 0.257 e. The zero-order chi connectivity index (χ0) is 14.3. The van der Waals surface area contributed by atoms with E-state index in [2.05, 4.69) is 9.97 Å². The van der Waals surface area contributed by atoms with Crippen molar-refractivity contribution in [3.05, 3.63) is 17.5 Å². The molecule has 1 aliphatic heterocycles. The summed E-state index contributed by atoms with van der Waals surface area (Å²) in [7, 11) is 0. The number of thioether (sulfide) groups is 1. The van der Waals surface area contributed by atoms with Gasteiger partial charge in [-0.3, -0.25) is 4.79 Å². The molecule has 2 aliphatic rings. The predicted octanol–water partition coefficient (Wildman–Crippen LogP) is 2.73. The summed E-state index contributed by atoms with van der Waals surface area (Å²) in [5.41, 5.74) is 1.23. The molecule has 0 aromatic carbocycles. The minimum Gasteiger partial charge on any atom is -0.330 e. The lowest BCUT2D eigenvalue weighted by Crippen LogP contribution is -2.40. The Kier molecular flexibility index (Phi) is 3.40. The summed E-state index contributed by atoms with van der Waals surface area (Å²) >= 11 is 1.42. The van der Waals surface area contributed by atoms with Crippen LogP contribution in [0.4, 0.5) is 8.78 Å². The molecule has 0 atom stereocenters. The fourth-order valence-electron chi connectivity index (χ4n) is 2.82. The van der Waals surface area contributed by atoms with Gasteiger partial charge in [-0.15, -0.1) is 0 Å². The van der Waals surface area contributed by atoms with Gasteiger partial charge in [-0.2, -0.15) is 0 Å². The Hall–Kier alpha value is -1.24. The first-order chi connectivity index (χ1) is 9.50. The lowest BCUT2D eigenvalue weighted by molar-refractivity contribution is -0.0510. The third-order valence-electron chi connectivity index (χ3n) is 3.97. The van der Waals surface area contributed by atoms with Gasteiger partial charge in [0.1, 0.15) is 0 Å². The molecule has 0 unspecified atom stereocenters. The average Bonchev–Trinajstić information content (AvgIpc) is 2.75. The third kappa shape index (κ3) is 2.39. The highest BCUT2D eigenvalue weighted by Gasteiger charge is 2.41. The lowest BCUT2D eigenvalue weighted by Gasteiger charge is -2.34. The molecule has 1 aliphatic carbocycles. The topological polar surface area (TPSA) is 46.1 Å². The molecule has 4 nitrogen and oxygen atoms in total. The highest BCUT2D eigenvalue weighted by atomic mass is 32.2. The Morgan fingerprint density at radius 1 is 1.40 bits per heavy atom. The summed E-state index contributed by atoms with van der Waals surface area (Å²) in [4.78, 5) is 22.4. The second kappa shape index (κ2) is 4.95. The Morgan fingerprint density at radius 3 is 2.75 bits per heavy atom. The van der Waals surface area contributed by atoms with Crippen LogP contribution in [0.1, 0.15) is 41.7 Å². The molecule has 1 fully saturated rings. The molecule has 3 rings (SSSR count). The van der Waals surface area contributed by atoms with E-state index in [-0.39, 0.29) is 24.8 Å². The van der Waals surface area contributed by atoms with Gasteiger partial charge in [-0.25, -0.2) is 18.7 Å². The molecule has 108 valence electrons. The van der Waals surface area contributed by atoms with Gasteiger partial charge in [0, 0.05) is 25.1 Å². The van der Waals surface area contributed by atoms with Gasteiger partial charge in [0.05, 0.1) is 17.8 Å². The highest BCUT2D eigenvalue weighted by molar-refractivity contribution is 7.98. The van der Waals surface area contributed by atoms with Crippen LogP contribution < -0.4 is 0 Å². The Balaban J connectivity index is 1.77. The molecule has 20 heavy (non-hydrogen) atoms. The molecule has 0 radical (unpaired) electrons. The number of aromatic nitrogens is 2. The number of fused-ring (bicyclic) bond motifs is 1. The molecule has 0 saturated heterocycles. The van der Waals surface area contributed by atoms with Crippen molar-refractivity contribution in [1.82, 2.24) is 14.9 Å². The maximum absolute atomic E-state index is 13.2. The number of alkyl halides is 2. The minimum atomic E-state index is -2.57. The Morgan fingerprint density at radius 2 is 2.10 bits per heavy atom. The van der Waals surface area contributed by atoms with Crippen LogP contribution in [0.25, 0.3) is 0 Å². The van der Waals surface area contributed by atoms with Gasteiger partial charge in [0.15, 0.2) is 5.16 Å². The monoisotopic (exact) mass is 299 g/mol. The first-order valence-electron chi connectivity index (χ1n) is 6.59. The molecule has 1 saturated carbocycles. The Bertz CT molecular complexity index is 542. The van der Waals surface area contributed by atoms with Crippen molar-refractivity contribution >= 4 is 17.7 Å². The van der Waals surface area contributed by atoms with Crippen LogP contribution >= 0.6 is 11.8 Å². The van der Waals surface area contributed by atoms with E-state index >= 15 is 0 Å². The van der Waals surface area contributed by atoms with E-state index in [9.17, 15) is 13.6 Å².